The maximum atomic E-state index is 6.40. The SMILES string of the molecule is Cc1nnc(COCC2(N)CCCCCC2)n1C. The highest BCUT2D eigenvalue weighted by Crippen LogP contribution is 2.25. The first-order valence-corrected chi connectivity index (χ1v) is 6.82. The lowest BCUT2D eigenvalue weighted by Crippen LogP contribution is -2.44. The van der Waals surface area contributed by atoms with Crippen molar-refractivity contribution in [3.8, 4) is 0 Å². The third kappa shape index (κ3) is 3.29. The van der Waals surface area contributed by atoms with Crippen LogP contribution in [0.5, 0.6) is 0 Å². The van der Waals surface area contributed by atoms with Gasteiger partial charge in [-0.1, -0.05) is 25.7 Å². The van der Waals surface area contributed by atoms with Crippen molar-refractivity contribution in [3.05, 3.63) is 11.6 Å². The third-order valence-electron chi connectivity index (χ3n) is 3.90. The zero-order valence-electron chi connectivity index (χ0n) is 11.5. The number of hydrogen-bond donors (Lipinski definition) is 1. The second-order valence-corrected chi connectivity index (χ2v) is 5.49. The van der Waals surface area contributed by atoms with E-state index in [-0.39, 0.29) is 5.54 Å². The molecule has 18 heavy (non-hydrogen) atoms. The molecule has 1 heterocycles. The predicted molar refractivity (Wildman–Crippen MR) is 70.0 cm³/mol. The smallest absolute Gasteiger partial charge is 0.158 e. The molecular formula is C13H24N4O. The Kier molecular flexibility index (Phi) is 4.35. The van der Waals surface area contributed by atoms with Crippen LogP contribution in [0.2, 0.25) is 0 Å². The normalized spacial score (nSPS) is 19.7. The van der Waals surface area contributed by atoms with E-state index in [0.717, 1.165) is 24.5 Å². The molecule has 0 bridgehead atoms. The average molecular weight is 252 g/mol. The molecule has 0 spiro atoms. The molecule has 0 saturated heterocycles. The summed E-state index contributed by atoms with van der Waals surface area (Å²) in [7, 11) is 1.96. The van der Waals surface area contributed by atoms with Crippen molar-refractivity contribution in [3.63, 3.8) is 0 Å². The molecule has 0 aromatic carbocycles. The summed E-state index contributed by atoms with van der Waals surface area (Å²) < 4.78 is 7.72. The van der Waals surface area contributed by atoms with Gasteiger partial charge in [0, 0.05) is 12.6 Å². The van der Waals surface area contributed by atoms with Gasteiger partial charge in [-0.3, -0.25) is 0 Å². The lowest BCUT2D eigenvalue weighted by Gasteiger charge is -2.27. The van der Waals surface area contributed by atoms with Gasteiger partial charge in [-0.05, 0) is 19.8 Å². The van der Waals surface area contributed by atoms with Crippen molar-refractivity contribution in [1.82, 2.24) is 14.8 Å². The van der Waals surface area contributed by atoms with Crippen LogP contribution in [0.3, 0.4) is 0 Å². The van der Waals surface area contributed by atoms with Crippen LogP contribution in [0.25, 0.3) is 0 Å². The maximum Gasteiger partial charge on any atom is 0.158 e. The second kappa shape index (κ2) is 5.80. The van der Waals surface area contributed by atoms with E-state index < -0.39 is 0 Å². The quantitative estimate of drug-likeness (QED) is 0.828. The molecule has 2 N–H and O–H groups in total. The molecule has 5 nitrogen and oxygen atoms in total. The van der Waals surface area contributed by atoms with Crippen LogP contribution < -0.4 is 5.73 Å². The predicted octanol–water partition coefficient (Wildman–Crippen LogP) is 1.69. The number of rotatable bonds is 4. The summed E-state index contributed by atoms with van der Waals surface area (Å²) in [5, 5.41) is 8.10. The van der Waals surface area contributed by atoms with Gasteiger partial charge in [-0.25, -0.2) is 0 Å². The van der Waals surface area contributed by atoms with E-state index in [1.165, 1.54) is 25.7 Å². The van der Waals surface area contributed by atoms with Gasteiger partial charge >= 0.3 is 0 Å². The summed E-state index contributed by atoms with van der Waals surface area (Å²) >= 11 is 0. The largest absolute Gasteiger partial charge is 0.372 e. The second-order valence-electron chi connectivity index (χ2n) is 5.49. The Bertz CT molecular complexity index is 380. The topological polar surface area (TPSA) is 66.0 Å². The molecule has 102 valence electrons. The van der Waals surface area contributed by atoms with Gasteiger partial charge in [0.1, 0.15) is 12.4 Å². The Labute approximate surface area is 109 Å². The zero-order chi connectivity index (χ0) is 13.0. The van der Waals surface area contributed by atoms with Crippen molar-refractivity contribution in [1.29, 1.82) is 0 Å². The van der Waals surface area contributed by atoms with Gasteiger partial charge < -0.3 is 15.0 Å². The summed E-state index contributed by atoms with van der Waals surface area (Å²) in [6.07, 6.45) is 7.21. The first kappa shape index (κ1) is 13.5. The van der Waals surface area contributed by atoms with Gasteiger partial charge in [-0.2, -0.15) is 0 Å². The Hall–Kier alpha value is -0.940. The molecule has 0 unspecified atom stereocenters. The van der Waals surface area contributed by atoms with Crippen LogP contribution in [0, 0.1) is 6.92 Å². The molecule has 0 aliphatic heterocycles. The molecule has 5 heteroatoms. The molecule has 1 fully saturated rings. The van der Waals surface area contributed by atoms with Gasteiger partial charge in [0.2, 0.25) is 0 Å². The fourth-order valence-electron chi connectivity index (χ4n) is 2.50. The standard InChI is InChI=1S/C13H24N4O/c1-11-15-16-12(17(11)2)9-18-10-13(14)7-5-3-4-6-8-13/h3-10,14H2,1-2H3. The number of aromatic nitrogens is 3. The first-order valence-electron chi connectivity index (χ1n) is 6.82. The summed E-state index contributed by atoms with van der Waals surface area (Å²) in [6, 6.07) is 0. The summed E-state index contributed by atoms with van der Waals surface area (Å²) in [5.74, 6) is 1.77. The van der Waals surface area contributed by atoms with E-state index in [4.69, 9.17) is 10.5 Å². The van der Waals surface area contributed by atoms with E-state index in [1.54, 1.807) is 0 Å². The summed E-state index contributed by atoms with van der Waals surface area (Å²) in [5.41, 5.74) is 6.26. The molecule has 1 aliphatic carbocycles. The lowest BCUT2D eigenvalue weighted by molar-refractivity contribution is 0.0615. The van der Waals surface area contributed by atoms with Gasteiger partial charge in [0.15, 0.2) is 5.82 Å². The Morgan fingerprint density at radius 1 is 1.22 bits per heavy atom. The van der Waals surface area contributed by atoms with Crippen LogP contribution in [0.4, 0.5) is 0 Å². The van der Waals surface area contributed by atoms with Crippen molar-refractivity contribution < 1.29 is 4.74 Å². The molecule has 1 aromatic rings. The van der Waals surface area contributed by atoms with Crippen molar-refractivity contribution in [2.45, 2.75) is 57.6 Å². The Morgan fingerprint density at radius 3 is 2.44 bits per heavy atom. The van der Waals surface area contributed by atoms with E-state index in [9.17, 15) is 0 Å². The molecule has 0 radical (unpaired) electrons. The van der Waals surface area contributed by atoms with Crippen molar-refractivity contribution in [2.24, 2.45) is 12.8 Å². The van der Waals surface area contributed by atoms with Crippen LogP contribution >= 0.6 is 0 Å². The van der Waals surface area contributed by atoms with Crippen LogP contribution in [0.1, 0.15) is 50.2 Å². The summed E-state index contributed by atoms with van der Waals surface area (Å²) in [4.78, 5) is 0. The highest BCUT2D eigenvalue weighted by atomic mass is 16.5. The van der Waals surface area contributed by atoms with Crippen LogP contribution in [-0.4, -0.2) is 26.9 Å². The molecule has 2 rings (SSSR count). The molecular weight excluding hydrogens is 228 g/mol. The molecule has 1 aliphatic rings. The summed E-state index contributed by atoms with van der Waals surface area (Å²) in [6.45, 7) is 3.06. The minimum atomic E-state index is -0.135. The highest BCUT2D eigenvalue weighted by Gasteiger charge is 2.26. The number of nitrogens with two attached hydrogens (primary N) is 1. The molecule has 1 aromatic heterocycles. The average Bonchev–Trinajstić information content (AvgIpc) is 2.56. The molecule has 0 atom stereocenters. The fraction of sp³-hybridized carbons (Fsp3) is 0.846. The van der Waals surface area contributed by atoms with E-state index in [1.807, 2.05) is 18.5 Å². The van der Waals surface area contributed by atoms with Crippen molar-refractivity contribution >= 4 is 0 Å². The number of hydrogen-bond acceptors (Lipinski definition) is 4. The fourth-order valence-corrected chi connectivity index (χ4v) is 2.50. The monoisotopic (exact) mass is 252 g/mol. The highest BCUT2D eigenvalue weighted by molar-refractivity contribution is 4.91. The lowest BCUT2D eigenvalue weighted by atomic mass is 9.93. The molecule has 0 amide bonds. The molecule has 1 saturated carbocycles. The minimum absolute atomic E-state index is 0.135. The Balaban J connectivity index is 1.82. The number of ether oxygens (including phenoxy) is 1. The third-order valence-corrected chi connectivity index (χ3v) is 3.90. The van der Waals surface area contributed by atoms with Crippen LogP contribution in [-0.2, 0) is 18.4 Å². The van der Waals surface area contributed by atoms with Gasteiger partial charge in [-0.15, -0.1) is 10.2 Å². The number of aryl methyl sites for hydroxylation is 1. The van der Waals surface area contributed by atoms with E-state index in [0.29, 0.717) is 13.2 Å². The Morgan fingerprint density at radius 2 is 1.89 bits per heavy atom. The minimum Gasteiger partial charge on any atom is -0.372 e. The van der Waals surface area contributed by atoms with Crippen LogP contribution in [0.15, 0.2) is 0 Å². The first-order chi connectivity index (χ1) is 8.61. The number of nitrogens with zero attached hydrogens (tertiary/aromatic N) is 3. The zero-order valence-corrected chi connectivity index (χ0v) is 11.5. The maximum absolute atomic E-state index is 6.40. The van der Waals surface area contributed by atoms with E-state index >= 15 is 0 Å². The van der Waals surface area contributed by atoms with Crippen molar-refractivity contribution in [2.75, 3.05) is 6.61 Å². The van der Waals surface area contributed by atoms with Gasteiger partial charge in [0.05, 0.1) is 6.61 Å². The van der Waals surface area contributed by atoms with Gasteiger partial charge in [0.25, 0.3) is 0 Å². The van der Waals surface area contributed by atoms with E-state index in [2.05, 4.69) is 10.2 Å².